The van der Waals surface area contributed by atoms with Crippen molar-refractivity contribution in [1.82, 2.24) is 9.80 Å². The van der Waals surface area contributed by atoms with Crippen LogP contribution in [0, 0.1) is 12.3 Å². The number of rotatable bonds is 6. The lowest BCUT2D eigenvalue weighted by Crippen LogP contribution is -2.48. The molecule has 1 atom stereocenters. The summed E-state index contributed by atoms with van der Waals surface area (Å²) in [5.41, 5.74) is -0.755. The van der Waals surface area contributed by atoms with Crippen LogP contribution in [0.25, 0.3) is 0 Å². The largest absolute Gasteiger partial charge is 0.481 e. The quantitative estimate of drug-likeness (QED) is 0.476. The molecule has 0 fully saturated rings. The highest BCUT2D eigenvalue weighted by Crippen LogP contribution is 2.31. The van der Waals surface area contributed by atoms with Crippen molar-refractivity contribution in [2.45, 2.75) is 19.2 Å². The molecule has 31 heavy (non-hydrogen) atoms. The number of hydrogen-bond acceptors (Lipinski definition) is 4. The third-order valence-electron chi connectivity index (χ3n) is 4.03. The molecule has 0 heterocycles. The lowest BCUT2D eigenvalue weighted by Gasteiger charge is -2.28. The highest BCUT2D eigenvalue weighted by molar-refractivity contribution is 7.80. The van der Waals surface area contributed by atoms with Crippen LogP contribution in [0.15, 0.2) is 48.5 Å². The van der Waals surface area contributed by atoms with Crippen LogP contribution in [-0.4, -0.2) is 47.6 Å². The van der Waals surface area contributed by atoms with E-state index in [0.717, 1.165) is 12.1 Å². The van der Waals surface area contributed by atoms with Gasteiger partial charge in [0.15, 0.2) is 11.2 Å². The van der Waals surface area contributed by atoms with Crippen LogP contribution in [0.5, 0.6) is 17.2 Å². The van der Waals surface area contributed by atoms with Crippen molar-refractivity contribution in [2.75, 3.05) is 20.6 Å². The van der Waals surface area contributed by atoms with Gasteiger partial charge in [-0.05, 0) is 67.7 Å². The predicted octanol–water partition coefficient (Wildman–Crippen LogP) is 4.57. The number of ether oxygens (including phenoxy) is 2. The normalized spacial score (nSPS) is 11.8. The van der Waals surface area contributed by atoms with E-state index < -0.39 is 17.8 Å². The Morgan fingerprint density at radius 3 is 2.00 bits per heavy atom. The molecule has 0 aliphatic carbocycles. The Bertz CT molecular complexity index is 952. The van der Waals surface area contributed by atoms with Crippen molar-refractivity contribution < 1.29 is 27.4 Å². The molecule has 2 rings (SSSR count). The maximum absolute atomic E-state index is 12.7. The molecule has 0 N–H and O–H groups in total. The second kappa shape index (κ2) is 10.2. The second-order valence-electron chi connectivity index (χ2n) is 6.66. The van der Waals surface area contributed by atoms with Gasteiger partial charge in [-0.3, -0.25) is 9.69 Å². The van der Waals surface area contributed by atoms with E-state index in [1.165, 1.54) is 17.0 Å². The number of carbonyl (C=O) groups is 1. The average Bonchev–Trinajstić information content (AvgIpc) is 2.72. The number of alkyl halides is 3. The maximum atomic E-state index is 12.7. The minimum absolute atomic E-state index is 0.0173. The Hall–Kier alpha value is -3.25. The van der Waals surface area contributed by atoms with Gasteiger partial charge in [0, 0.05) is 14.1 Å². The van der Waals surface area contributed by atoms with Crippen molar-refractivity contribution >= 4 is 23.2 Å². The van der Waals surface area contributed by atoms with E-state index in [9.17, 15) is 18.0 Å². The highest BCUT2D eigenvalue weighted by Gasteiger charge is 2.30. The first-order valence-corrected chi connectivity index (χ1v) is 9.51. The monoisotopic (exact) mass is 450 g/mol. The van der Waals surface area contributed by atoms with Gasteiger partial charge in [0.1, 0.15) is 17.2 Å². The van der Waals surface area contributed by atoms with Crippen molar-refractivity contribution in [1.29, 1.82) is 0 Å². The second-order valence-corrected chi connectivity index (χ2v) is 7.03. The molecule has 1 amide bonds. The van der Waals surface area contributed by atoms with Crippen LogP contribution in [0.3, 0.4) is 0 Å². The van der Waals surface area contributed by atoms with Gasteiger partial charge in [-0.25, -0.2) is 0 Å². The zero-order valence-electron chi connectivity index (χ0n) is 17.1. The zero-order chi connectivity index (χ0) is 23.2. The van der Waals surface area contributed by atoms with Gasteiger partial charge in [0.2, 0.25) is 0 Å². The summed E-state index contributed by atoms with van der Waals surface area (Å²) in [4.78, 5) is 15.6. The molecule has 0 aromatic heterocycles. The summed E-state index contributed by atoms with van der Waals surface area (Å²) >= 11 is 5.23. The number of amides is 1. The lowest BCUT2D eigenvalue weighted by molar-refractivity contribution is -0.137. The van der Waals surface area contributed by atoms with Crippen LogP contribution >= 0.6 is 12.2 Å². The predicted molar refractivity (Wildman–Crippen MR) is 115 cm³/mol. The first-order valence-electron chi connectivity index (χ1n) is 9.11. The van der Waals surface area contributed by atoms with Crippen molar-refractivity contribution in [3.63, 3.8) is 0 Å². The Labute approximate surface area is 184 Å². The van der Waals surface area contributed by atoms with E-state index >= 15 is 0 Å². The molecule has 2 aromatic rings. The van der Waals surface area contributed by atoms with E-state index in [-0.39, 0.29) is 23.3 Å². The number of carbonyl (C=O) groups excluding carboxylic acids is 1. The van der Waals surface area contributed by atoms with Crippen LogP contribution in [0.2, 0.25) is 0 Å². The summed E-state index contributed by atoms with van der Waals surface area (Å²) in [7, 11) is 3.42. The first kappa shape index (κ1) is 24.0. The smallest absolute Gasteiger partial charge is 0.416 e. The van der Waals surface area contributed by atoms with E-state index in [4.69, 9.17) is 28.1 Å². The topological polar surface area (TPSA) is 42.0 Å². The molecule has 0 aliphatic heterocycles. The number of thiocarbonyl (C=S) groups is 1. The number of benzene rings is 2. The minimum Gasteiger partial charge on any atom is -0.481 e. The molecule has 0 radical (unpaired) electrons. The van der Waals surface area contributed by atoms with Crippen LogP contribution in [-0.2, 0) is 11.0 Å². The number of nitrogens with zero attached hydrogens (tertiary/aromatic N) is 2. The summed E-state index contributed by atoms with van der Waals surface area (Å²) in [5, 5.41) is 0.277. The van der Waals surface area contributed by atoms with Crippen molar-refractivity contribution in [2.24, 2.45) is 0 Å². The van der Waals surface area contributed by atoms with E-state index in [1.807, 2.05) is 0 Å². The molecule has 9 heteroatoms. The summed E-state index contributed by atoms with van der Waals surface area (Å²) in [6, 6.07) is 10.7. The fraction of sp³-hybridized carbons (Fsp3) is 0.273. The highest BCUT2D eigenvalue weighted by atomic mass is 32.1. The third-order valence-corrected chi connectivity index (χ3v) is 4.62. The molecule has 0 saturated heterocycles. The average molecular weight is 450 g/mol. The summed E-state index contributed by atoms with van der Waals surface area (Å²) in [5.74, 6) is 3.07. The lowest BCUT2D eigenvalue weighted by atomic mass is 10.2. The van der Waals surface area contributed by atoms with E-state index in [0.29, 0.717) is 11.5 Å². The van der Waals surface area contributed by atoms with Gasteiger partial charge in [-0.1, -0.05) is 5.92 Å². The molecule has 164 valence electrons. The minimum atomic E-state index is -4.41. The van der Waals surface area contributed by atoms with E-state index in [1.54, 1.807) is 50.2 Å². The summed E-state index contributed by atoms with van der Waals surface area (Å²) < 4.78 is 49.1. The zero-order valence-corrected chi connectivity index (χ0v) is 18.0. The fourth-order valence-electron chi connectivity index (χ4n) is 2.48. The maximum Gasteiger partial charge on any atom is 0.416 e. The van der Waals surface area contributed by atoms with Crippen molar-refractivity contribution in [3.05, 3.63) is 54.1 Å². The van der Waals surface area contributed by atoms with E-state index in [2.05, 4.69) is 5.92 Å². The standard InChI is InChI=1S/C22H21F3N2O3S/c1-5-14-27(21(31)26(3)4)20(28)15(2)29-17-10-12-19(13-11-17)30-18-8-6-16(7-9-18)22(23,24)25/h1,6-13,15H,14H2,2-4H3. The molecule has 0 bridgehead atoms. The number of halogens is 3. The molecular weight excluding hydrogens is 429 g/mol. The molecule has 0 saturated carbocycles. The molecular formula is C22H21F3N2O3S. The summed E-state index contributed by atoms with van der Waals surface area (Å²) in [6.45, 7) is 1.60. The molecule has 2 aromatic carbocycles. The molecule has 5 nitrogen and oxygen atoms in total. The van der Waals surface area contributed by atoms with Crippen LogP contribution in [0.1, 0.15) is 12.5 Å². The van der Waals surface area contributed by atoms with Gasteiger partial charge in [-0.2, -0.15) is 13.2 Å². The molecule has 0 spiro atoms. The van der Waals surface area contributed by atoms with Gasteiger partial charge in [0.05, 0.1) is 12.1 Å². The van der Waals surface area contributed by atoms with Gasteiger partial charge in [-0.15, -0.1) is 6.42 Å². The Kier molecular flexibility index (Phi) is 7.89. The van der Waals surface area contributed by atoms with Crippen LogP contribution < -0.4 is 9.47 Å². The molecule has 1 unspecified atom stereocenters. The van der Waals surface area contributed by atoms with Crippen molar-refractivity contribution in [3.8, 4) is 29.6 Å². The summed E-state index contributed by atoms with van der Waals surface area (Å²) in [6.07, 6.45) is 0.0760. The SMILES string of the molecule is C#CCN(C(=O)C(C)Oc1ccc(Oc2ccc(C(F)(F)F)cc2)cc1)C(=S)N(C)C. The number of hydrogen-bond donors (Lipinski definition) is 0. The van der Waals surface area contributed by atoms with Gasteiger partial charge < -0.3 is 14.4 Å². The third kappa shape index (κ3) is 6.62. The number of terminal acetylenes is 1. The first-order chi connectivity index (χ1) is 14.5. The van der Waals surface area contributed by atoms with Gasteiger partial charge >= 0.3 is 6.18 Å². The van der Waals surface area contributed by atoms with Crippen LogP contribution in [0.4, 0.5) is 13.2 Å². The van der Waals surface area contributed by atoms with Gasteiger partial charge in [0.25, 0.3) is 5.91 Å². The molecule has 0 aliphatic rings. The Morgan fingerprint density at radius 2 is 1.55 bits per heavy atom. The Morgan fingerprint density at radius 1 is 1.06 bits per heavy atom. The Balaban J connectivity index is 2.02. The fourth-order valence-corrected chi connectivity index (χ4v) is 2.64.